The molecular formula is C28H35FN2O4. The highest BCUT2D eigenvalue weighted by molar-refractivity contribution is 5.75. The summed E-state index contributed by atoms with van der Waals surface area (Å²) in [5, 5.41) is 3.29. The molecule has 0 saturated heterocycles. The molecule has 0 unspecified atom stereocenters. The van der Waals surface area contributed by atoms with Gasteiger partial charge in [-0.25, -0.2) is 4.39 Å². The van der Waals surface area contributed by atoms with Crippen molar-refractivity contribution in [2.75, 3.05) is 19.8 Å². The largest absolute Gasteiger partial charge is 0.494 e. The zero-order valence-electron chi connectivity index (χ0n) is 20.6. The molecule has 2 aromatic rings. The molecule has 7 heteroatoms. The monoisotopic (exact) mass is 482 g/mol. The van der Waals surface area contributed by atoms with Crippen molar-refractivity contribution in [3.05, 3.63) is 63.4 Å². The molecule has 188 valence electrons. The van der Waals surface area contributed by atoms with Crippen LogP contribution in [0.2, 0.25) is 0 Å². The lowest BCUT2D eigenvalue weighted by Crippen LogP contribution is -2.44. The second kappa shape index (κ2) is 13.5. The average molecular weight is 483 g/mol. The second-order valence-corrected chi connectivity index (χ2v) is 8.54. The number of allylic oxidation sites excluding steroid dienone is 1. The van der Waals surface area contributed by atoms with Gasteiger partial charge >= 0.3 is 0 Å². The van der Waals surface area contributed by atoms with Gasteiger partial charge < -0.3 is 19.8 Å². The van der Waals surface area contributed by atoms with E-state index in [-0.39, 0.29) is 23.0 Å². The first-order valence-corrected chi connectivity index (χ1v) is 12.5. The van der Waals surface area contributed by atoms with Crippen molar-refractivity contribution in [1.29, 1.82) is 0 Å². The summed E-state index contributed by atoms with van der Waals surface area (Å²) < 4.78 is 26.4. The highest BCUT2D eigenvalue weighted by Crippen LogP contribution is 2.19. The summed E-state index contributed by atoms with van der Waals surface area (Å²) in [6, 6.07) is 7.10. The van der Waals surface area contributed by atoms with Crippen LogP contribution in [-0.2, 0) is 9.53 Å². The molecule has 2 N–H and O–H groups in total. The van der Waals surface area contributed by atoms with Gasteiger partial charge in [-0.3, -0.25) is 9.59 Å². The number of rotatable bonds is 13. The van der Waals surface area contributed by atoms with Gasteiger partial charge in [0, 0.05) is 31.1 Å². The number of amides is 1. The molecule has 6 nitrogen and oxygen atoms in total. The van der Waals surface area contributed by atoms with Crippen LogP contribution >= 0.6 is 0 Å². The normalized spacial score (nSPS) is 12.8. The molecule has 0 fully saturated rings. The number of carbonyl (C=O) groups is 1. The fourth-order valence-corrected chi connectivity index (χ4v) is 3.75. The molecule has 1 amide bonds. The number of H-pyrrole nitrogens is 1. The Bertz CT molecular complexity index is 1200. The minimum atomic E-state index is -0.480. The number of halogens is 1. The molecule has 1 aliphatic rings. The number of ether oxygens (including phenoxy) is 2. The van der Waals surface area contributed by atoms with Crippen molar-refractivity contribution in [3.8, 4) is 16.9 Å². The van der Waals surface area contributed by atoms with Gasteiger partial charge in [0.1, 0.15) is 17.3 Å². The predicted molar refractivity (Wildman–Crippen MR) is 137 cm³/mol. The van der Waals surface area contributed by atoms with Crippen molar-refractivity contribution in [3.63, 3.8) is 0 Å². The van der Waals surface area contributed by atoms with E-state index in [2.05, 4.69) is 24.1 Å². The number of aromatic nitrogens is 1. The Balaban J connectivity index is 1.71. The van der Waals surface area contributed by atoms with E-state index in [0.29, 0.717) is 60.6 Å². The van der Waals surface area contributed by atoms with Crippen molar-refractivity contribution < 1.29 is 18.7 Å². The Kier molecular flexibility index (Phi) is 10.1. The van der Waals surface area contributed by atoms with E-state index in [9.17, 15) is 14.0 Å². The van der Waals surface area contributed by atoms with Crippen LogP contribution in [0.4, 0.5) is 4.39 Å². The third-order valence-corrected chi connectivity index (χ3v) is 5.76. The molecule has 0 bridgehead atoms. The van der Waals surface area contributed by atoms with Gasteiger partial charge in [-0.2, -0.15) is 0 Å². The fourth-order valence-electron chi connectivity index (χ4n) is 3.75. The van der Waals surface area contributed by atoms with E-state index >= 15 is 0 Å². The molecule has 35 heavy (non-hydrogen) atoms. The Morgan fingerprint density at radius 3 is 2.54 bits per heavy atom. The molecule has 1 aromatic heterocycles. The third kappa shape index (κ3) is 7.31. The van der Waals surface area contributed by atoms with E-state index < -0.39 is 5.83 Å². The van der Waals surface area contributed by atoms with Crippen LogP contribution < -0.4 is 26.1 Å². The quantitative estimate of drug-likeness (QED) is 0.422. The Labute approximate surface area is 205 Å². The van der Waals surface area contributed by atoms with Crippen LogP contribution in [0.15, 0.2) is 47.4 Å². The van der Waals surface area contributed by atoms with Gasteiger partial charge in [0.2, 0.25) is 5.91 Å². The number of benzene rings is 1. The summed E-state index contributed by atoms with van der Waals surface area (Å²) in [7, 11) is 0. The Morgan fingerprint density at radius 2 is 1.80 bits per heavy atom. The number of aromatic amines is 1. The van der Waals surface area contributed by atoms with Gasteiger partial charge in [-0.1, -0.05) is 44.9 Å². The number of pyridine rings is 1. The molecule has 0 atom stereocenters. The number of hydrogen-bond donors (Lipinski definition) is 2. The maximum Gasteiger partial charge on any atom is 0.220 e. The topological polar surface area (TPSA) is 80.4 Å². The zero-order chi connectivity index (χ0) is 25.0. The minimum absolute atomic E-state index is 0.0246. The maximum atomic E-state index is 14.9. The summed E-state index contributed by atoms with van der Waals surface area (Å²) in [4.78, 5) is 28.1. The number of nitrogens with one attached hydrogen (secondary N) is 2. The molecule has 1 aliphatic carbocycles. The van der Waals surface area contributed by atoms with Gasteiger partial charge in [0.15, 0.2) is 5.43 Å². The molecule has 0 aliphatic heterocycles. The summed E-state index contributed by atoms with van der Waals surface area (Å²) in [5.41, 5.74) is 0.665. The van der Waals surface area contributed by atoms with E-state index in [1.807, 2.05) is 0 Å². The fraction of sp³-hybridized carbons (Fsp3) is 0.429. The lowest BCUT2D eigenvalue weighted by molar-refractivity contribution is -0.121. The third-order valence-electron chi connectivity index (χ3n) is 5.76. The van der Waals surface area contributed by atoms with E-state index in [4.69, 9.17) is 9.47 Å². The van der Waals surface area contributed by atoms with E-state index in [1.54, 1.807) is 42.6 Å². The molecule has 0 saturated carbocycles. The summed E-state index contributed by atoms with van der Waals surface area (Å²) in [6.45, 7) is 5.79. The summed E-state index contributed by atoms with van der Waals surface area (Å²) in [6.07, 6.45) is 9.96. The summed E-state index contributed by atoms with van der Waals surface area (Å²) >= 11 is 0. The SMILES string of the molecule is CCCCNC(=O)CCCOc1ccc(-c2c[nH]c3c(c2=O)=C(F)CC=CC=3OCCCC)cc1. The average Bonchev–Trinajstić information content (AvgIpc) is 3.02. The minimum Gasteiger partial charge on any atom is -0.494 e. The van der Waals surface area contributed by atoms with Gasteiger partial charge in [0.25, 0.3) is 0 Å². The standard InChI is InChI=1S/C28H35FN2O4/c1-3-5-16-30-25(32)11-8-18-34-21-14-12-20(13-15-21)22-19-31-27-24(35-17-6-4-2)10-7-9-23(29)26(27)28(22)33/h7,10,12-15,19,31H,3-6,8-9,11,16-18H2,1-2H3,(H,30,32). The smallest absolute Gasteiger partial charge is 0.220 e. The van der Waals surface area contributed by atoms with Crippen molar-refractivity contribution in [1.82, 2.24) is 10.3 Å². The number of unbranched alkanes of at least 4 members (excludes halogenated alkanes) is 2. The van der Waals surface area contributed by atoms with Gasteiger partial charge in [-0.15, -0.1) is 0 Å². The molecule has 3 rings (SSSR count). The Hall–Kier alpha value is -3.35. The first-order chi connectivity index (χ1) is 17.0. The lowest BCUT2D eigenvalue weighted by Gasteiger charge is -2.09. The highest BCUT2D eigenvalue weighted by atomic mass is 19.1. The molecule has 1 heterocycles. The number of hydrogen-bond acceptors (Lipinski definition) is 4. The van der Waals surface area contributed by atoms with Crippen LogP contribution in [-0.4, -0.2) is 30.6 Å². The van der Waals surface area contributed by atoms with Crippen LogP contribution in [0.3, 0.4) is 0 Å². The number of fused-ring (bicyclic) bond motifs is 1. The van der Waals surface area contributed by atoms with Crippen molar-refractivity contribution in [2.45, 2.75) is 58.8 Å². The first-order valence-electron chi connectivity index (χ1n) is 12.5. The summed E-state index contributed by atoms with van der Waals surface area (Å²) in [5.74, 6) is 0.683. The van der Waals surface area contributed by atoms with Gasteiger partial charge in [0.05, 0.1) is 23.8 Å². The zero-order valence-corrected chi connectivity index (χ0v) is 20.6. The lowest BCUT2D eigenvalue weighted by atomic mass is 10.1. The van der Waals surface area contributed by atoms with E-state index in [1.165, 1.54) is 0 Å². The number of carbonyl (C=O) groups excluding carboxylic acids is 1. The first kappa shape index (κ1) is 26.3. The molecule has 1 aromatic carbocycles. The van der Waals surface area contributed by atoms with Crippen LogP contribution in [0.5, 0.6) is 5.75 Å². The van der Waals surface area contributed by atoms with Crippen molar-refractivity contribution in [2.24, 2.45) is 0 Å². The second-order valence-electron chi connectivity index (χ2n) is 8.54. The van der Waals surface area contributed by atoms with E-state index in [0.717, 1.165) is 25.7 Å². The molecular weight excluding hydrogens is 447 g/mol. The van der Waals surface area contributed by atoms with Gasteiger partial charge in [-0.05, 0) is 43.0 Å². The van der Waals surface area contributed by atoms with Crippen LogP contribution in [0.1, 0.15) is 58.8 Å². The Morgan fingerprint density at radius 1 is 1.06 bits per heavy atom. The predicted octanol–water partition coefficient (Wildman–Crippen LogP) is 4.08. The maximum absolute atomic E-state index is 14.9. The molecule has 0 radical (unpaired) electrons. The van der Waals surface area contributed by atoms with Crippen molar-refractivity contribution >= 4 is 17.5 Å². The van der Waals surface area contributed by atoms with Crippen LogP contribution in [0.25, 0.3) is 22.7 Å². The molecule has 0 spiro atoms. The van der Waals surface area contributed by atoms with Crippen LogP contribution in [0, 0.1) is 0 Å². The highest BCUT2D eigenvalue weighted by Gasteiger charge is 2.13.